The highest BCUT2D eigenvalue weighted by molar-refractivity contribution is 5.92. The lowest BCUT2D eigenvalue weighted by Gasteiger charge is -2.29. The van der Waals surface area contributed by atoms with Crippen LogP contribution in [0.4, 0.5) is 0 Å². The van der Waals surface area contributed by atoms with Gasteiger partial charge in [0.15, 0.2) is 0 Å². The van der Waals surface area contributed by atoms with Gasteiger partial charge in [0.05, 0.1) is 12.6 Å². The molecule has 1 unspecified atom stereocenters. The molecule has 0 bridgehead atoms. The monoisotopic (exact) mass is 592 g/mol. The molecule has 11 heteroatoms. The number of carboxylic acids is 1. The minimum Gasteiger partial charge on any atom is -0.480 e. The Bertz CT molecular complexity index is 838. The zero-order chi connectivity index (χ0) is 31.0. The minimum atomic E-state index is -1.14. The van der Waals surface area contributed by atoms with E-state index >= 15 is 0 Å². The molecule has 1 aliphatic heterocycles. The number of nitrogens with one attached hydrogen (secondary N) is 2. The summed E-state index contributed by atoms with van der Waals surface area (Å²) < 4.78 is 0. The predicted molar refractivity (Wildman–Crippen MR) is 168 cm³/mol. The van der Waals surface area contributed by atoms with E-state index in [4.69, 9.17) is 5.73 Å². The number of likely N-dealkylation sites (N-methyl/N-ethyl adjacent to an activating group) is 1. The molecule has 11 nitrogen and oxygen atoms in total. The number of unbranched alkanes of at least 4 members (excludes halogenated alkanes) is 13. The second-order valence-corrected chi connectivity index (χ2v) is 11.3. The molecule has 3 atom stereocenters. The summed E-state index contributed by atoms with van der Waals surface area (Å²) in [5.74, 6) is -2.37. The molecule has 0 saturated heterocycles. The van der Waals surface area contributed by atoms with Gasteiger partial charge < -0.3 is 26.4 Å². The second kappa shape index (κ2) is 23.7. The number of carbonyl (C=O) groups is 4. The number of aliphatic imine (C=N–C) groups is 2. The highest BCUT2D eigenvalue weighted by atomic mass is 16.4. The van der Waals surface area contributed by atoms with Gasteiger partial charge in [-0.1, -0.05) is 84.0 Å². The van der Waals surface area contributed by atoms with Gasteiger partial charge in [0.1, 0.15) is 18.4 Å². The standard InChI is InChI=1S/C31H56N6O5/c1-3-4-5-6-7-8-9-10-11-12-13-14-15-19-28(38)34-23-29(39)37(2)27(21-25-22-33-24-35-25)30(40)36-26(31(41)42)18-16-17-20-32/h22,24-27H,3-21,23,32H2,1-2H3,(H,34,38)(H,36,40)(H,41,42)/t25?,26-,27-/m0/s1. The van der Waals surface area contributed by atoms with Crippen LogP contribution >= 0.6 is 0 Å². The van der Waals surface area contributed by atoms with Crippen molar-refractivity contribution in [2.24, 2.45) is 15.7 Å². The normalized spacial score (nSPS) is 15.4. The second-order valence-electron chi connectivity index (χ2n) is 11.3. The third kappa shape index (κ3) is 17.2. The van der Waals surface area contributed by atoms with Crippen molar-refractivity contribution in [3.8, 4) is 0 Å². The van der Waals surface area contributed by atoms with E-state index in [1.807, 2.05) is 0 Å². The van der Waals surface area contributed by atoms with Crippen LogP contribution in [-0.2, 0) is 19.2 Å². The molecule has 240 valence electrons. The minimum absolute atomic E-state index is 0.149. The highest BCUT2D eigenvalue weighted by Crippen LogP contribution is 2.14. The summed E-state index contributed by atoms with van der Waals surface area (Å²) in [6, 6.07) is -2.46. The number of nitrogens with zero attached hydrogens (tertiary/aromatic N) is 3. The van der Waals surface area contributed by atoms with Crippen molar-refractivity contribution in [3.63, 3.8) is 0 Å². The molecule has 1 aliphatic rings. The summed E-state index contributed by atoms with van der Waals surface area (Å²) in [5.41, 5.74) is 5.50. The van der Waals surface area contributed by atoms with Crippen LogP contribution in [0.5, 0.6) is 0 Å². The average molecular weight is 593 g/mol. The molecule has 0 radical (unpaired) electrons. The first-order valence-corrected chi connectivity index (χ1v) is 16.1. The molecule has 0 spiro atoms. The number of amides is 3. The molecule has 0 aromatic heterocycles. The number of aliphatic carboxylic acids is 1. The van der Waals surface area contributed by atoms with Crippen molar-refractivity contribution in [3.05, 3.63) is 0 Å². The van der Waals surface area contributed by atoms with Gasteiger partial charge in [-0.05, 0) is 32.2 Å². The first-order chi connectivity index (χ1) is 20.3. The topological polar surface area (TPSA) is 167 Å². The molecule has 1 rings (SSSR count). The summed E-state index contributed by atoms with van der Waals surface area (Å²) in [6.07, 6.45) is 20.9. The Kier molecular flexibility index (Phi) is 21.0. The van der Waals surface area contributed by atoms with Gasteiger partial charge >= 0.3 is 5.97 Å². The third-order valence-electron chi connectivity index (χ3n) is 7.72. The molecule has 0 aliphatic carbocycles. The fourth-order valence-electron chi connectivity index (χ4n) is 4.97. The van der Waals surface area contributed by atoms with E-state index in [0.29, 0.717) is 25.8 Å². The largest absolute Gasteiger partial charge is 0.480 e. The Morgan fingerprint density at radius 2 is 1.50 bits per heavy atom. The van der Waals surface area contributed by atoms with Crippen molar-refractivity contribution in [1.82, 2.24) is 15.5 Å². The molecule has 0 saturated carbocycles. The maximum Gasteiger partial charge on any atom is 0.326 e. The molecule has 0 fully saturated rings. The van der Waals surface area contributed by atoms with Crippen LogP contribution < -0.4 is 16.4 Å². The number of nitrogens with two attached hydrogens (primary N) is 1. The van der Waals surface area contributed by atoms with Crippen LogP contribution in [0.1, 0.15) is 122 Å². The van der Waals surface area contributed by atoms with E-state index in [2.05, 4.69) is 27.5 Å². The molecular weight excluding hydrogens is 536 g/mol. The Morgan fingerprint density at radius 1 is 0.905 bits per heavy atom. The van der Waals surface area contributed by atoms with Gasteiger partial charge in [0.25, 0.3) is 0 Å². The van der Waals surface area contributed by atoms with Crippen LogP contribution in [0.3, 0.4) is 0 Å². The van der Waals surface area contributed by atoms with E-state index in [1.165, 1.54) is 82.5 Å². The van der Waals surface area contributed by atoms with Crippen molar-refractivity contribution in [2.75, 3.05) is 20.1 Å². The lowest BCUT2D eigenvalue weighted by atomic mass is 10.0. The van der Waals surface area contributed by atoms with Gasteiger partial charge in [-0.2, -0.15) is 0 Å². The Morgan fingerprint density at radius 3 is 2.02 bits per heavy atom. The van der Waals surface area contributed by atoms with Crippen molar-refractivity contribution < 1.29 is 24.3 Å². The number of rotatable bonds is 26. The molecule has 0 aromatic carbocycles. The quantitative estimate of drug-likeness (QED) is 0.111. The number of hydrogen-bond acceptors (Lipinski definition) is 7. The summed E-state index contributed by atoms with van der Waals surface area (Å²) in [4.78, 5) is 59.4. The maximum absolute atomic E-state index is 13.1. The third-order valence-corrected chi connectivity index (χ3v) is 7.72. The fraction of sp³-hybridized carbons (Fsp3) is 0.806. The number of carbonyl (C=O) groups excluding carboxylic acids is 3. The average Bonchev–Trinajstić information content (AvgIpc) is 3.49. The van der Waals surface area contributed by atoms with E-state index in [-0.39, 0.29) is 25.3 Å². The van der Waals surface area contributed by atoms with Gasteiger partial charge in [0, 0.05) is 26.1 Å². The molecule has 3 amide bonds. The first kappa shape index (κ1) is 37.2. The molecule has 1 heterocycles. The predicted octanol–water partition coefficient (Wildman–Crippen LogP) is 3.98. The van der Waals surface area contributed by atoms with E-state index in [9.17, 15) is 24.3 Å². The fourth-order valence-corrected chi connectivity index (χ4v) is 4.97. The maximum atomic E-state index is 13.1. The Labute approximate surface area is 252 Å². The van der Waals surface area contributed by atoms with Crippen LogP contribution in [0.15, 0.2) is 9.98 Å². The number of hydrogen-bond donors (Lipinski definition) is 4. The van der Waals surface area contributed by atoms with Gasteiger partial charge in [-0.3, -0.25) is 19.4 Å². The zero-order valence-electron chi connectivity index (χ0n) is 26.0. The summed E-state index contributed by atoms with van der Waals surface area (Å²) in [5, 5.41) is 14.8. The zero-order valence-corrected chi connectivity index (χ0v) is 26.0. The van der Waals surface area contributed by atoms with Gasteiger partial charge in [-0.25, -0.2) is 9.79 Å². The highest BCUT2D eigenvalue weighted by Gasteiger charge is 2.32. The van der Waals surface area contributed by atoms with Crippen LogP contribution in [0.25, 0.3) is 0 Å². The number of carboxylic acid groups (broad SMARTS) is 1. The first-order valence-electron chi connectivity index (χ1n) is 16.1. The van der Waals surface area contributed by atoms with Crippen LogP contribution in [0.2, 0.25) is 0 Å². The summed E-state index contributed by atoms with van der Waals surface area (Å²) >= 11 is 0. The van der Waals surface area contributed by atoms with E-state index in [1.54, 1.807) is 6.21 Å². The van der Waals surface area contributed by atoms with E-state index < -0.39 is 35.9 Å². The summed E-state index contributed by atoms with van der Waals surface area (Å²) in [7, 11) is 1.48. The lowest BCUT2D eigenvalue weighted by molar-refractivity contribution is -0.144. The molecule has 42 heavy (non-hydrogen) atoms. The van der Waals surface area contributed by atoms with Crippen molar-refractivity contribution in [1.29, 1.82) is 0 Å². The molecule has 5 N–H and O–H groups in total. The van der Waals surface area contributed by atoms with Gasteiger partial charge in [-0.15, -0.1) is 0 Å². The van der Waals surface area contributed by atoms with Crippen molar-refractivity contribution in [2.45, 2.75) is 141 Å². The van der Waals surface area contributed by atoms with Crippen LogP contribution in [0, 0.1) is 0 Å². The smallest absolute Gasteiger partial charge is 0.326 e. The summed E-state index contributed by atoms with van der Waals surface area (Å²) in [6.45, 7) is 2.44. The Balaban J connectivity index is 2.38. The molecular formula is C31H56N6O5. The Hall–Kier alpha value is -2.82. The van der Waals surface area contributed by atoms with Crippen LogP contribution in [-0.4, -0.2) is 84.5 Å². The van der Waals surface area contributed by atoms with Crippen molar-refractivity contribution >= 4 is 36.2 Å². The van der Waals surface area contributed by atoms with Gasteiger partial charge in [0.2, 0.25) is 17.7 Å². The lowest BCUT2D eigenvalue weighted by Crippen LogP contribution is -2.54. The van der Waals surface area contributed by atoms with E-state index in [0.717, 1.165) is 19.3 Å². The molecule has 0 aromatic rings. The SMILES string of the molecule is CCCCCCCCCCCCCCCC(=O)NCC(=O)N(C)[C@@H](CC1C=NC=N1)C(=O)N[C@@H](CCCCN)C(=O)O.